The number of ketones is 1. The molecule has 0 spiro atoms. The Morgan fingerprint density at radius 1 is 0.829 bits per heavy atom. The monoisotopic (exact) mass is 476 g/mol. The maximum Gasteiger partial charge on any atom is 0.170 e. The van der Waals surface area contributed by atoms with Gasteiger partial charge in [-0.3, -0.25) is 4.79 Å². The van der Waals surface area contributed by atoms with Crippen LogP contribution in [0.3, 0.4) is 0 Å². The van der Waals surface area contributed by atoms with Gasteiger partial charge in [-0.05, 0) is 93.8 Å². The minimum atomic E-state index is -0.218. The predicted molar refractivity (Wildman–Crippen MR) is 148 cm³/mol. The summed E-state index contributed by atoms with van der Waals surface area (Å²) in [7, 11) is 0. The number of anilines is 3. The Labute approximate surface area is 211 Å². The van der Waals surface area contributed by atoms with Crippen LogP contribution in [0, 0.1) is 39.0 Å². The van der Waals surface area contributed by atoms with Crippen LogP contribution in [0.1, 0.15) is 34.1 Å². The Morgan fingerprint density at radius 3 is 1.89 bits per heavy atom. The van der Waals surface area contributed by atoms with Crippen LogP contribution in [0.15, 0.2) is 78.4 Å². The number of allylic oxidation sites excluding steroid dienone is 1. The van der Waals surface area contributed by atoms with E-state index in [1.165, 1.54) is 29.2 Å². The number of thiophene rings is 1. The summed E-state index contributed by atoms with van der Waals surface area (Å²) >= 11 is 1.57. The lowest BCUT2D eigenvalue weighted by Crippen LogP contribution is -2.12. The molecule has 3 nitrogen and oxygen atoms in total. The summed E-state index contributed by atoms with van der Waals surface area (Å²) in [4.78, 5) is 15.9. The molecule has 0 aliphatic carbocycles. The second-order valence-electron chi connectivity index (χ2n) is 8.89. The number of benzene rings is 3. The molecule has 0 N–H and O–H groups in total. The summed E-state index contributed by atoms with van der Waals surface area (Å²) in [6, 6.07) is 27.7. The molecule has 3 aromatic carbocycles. The highest BCUT2D eigenvalue weighted by atomic mass is 32.1. The van der Waals surface area contributed by atoms with Gasteiger partial charge in [-0.25, -0.2) is 0 Å². The summed E-state index contributed by atoms with van der Waals surface area (Å²) in [6.07, 6.45) is 1.66. The van der Waals surface area contributed by atoms with E-state index in [-0.39, 0.29) is 11.4 Å². The van der Waals surface area contributed by atoms with Gasteiger partial charge in [0.05, 0.1) is 5.57 Å². The largest absolute Gasteiger partial charge is 0.310 e. The molecule has 0 unspecified atom stereocenters. The van der Waals surface area contributed by atoms with Crippen molar-refractivity contribution in [1.82, 2.24) is 0 Å². The van der Waals surface area contributed by atoms with Crippen LogP contribution in [0.5, 0.6) is 0 Å². The van der Waals surface area contributed by atoms with Crippen LogP contribution in [0.4, 0.5) is 17.1 Å². The number of nitriles is 1. The highest BCUT2D eigenvalue weighted by Gasteiger charge is 2.17. The Morgan fingerprint density at radius 2 is 1.40 bits per heavy atom. The van der Waals surface area contributed by atoms with Gasteiger partial charge in [0.2, 0.25) is 0 Å². The lowest BCUT2D eigenvalue weighted by molar-refractivity contribution is -0.113. The number of Topliss-reactive ketones (excluding diaryl/α,β-unsaturated/α-hetero) is 1. The van der Waals surface area contributed by atoms with Gasteiger partial charge in [0.15, 0.2) is 5.78 Å². The van der Waals surface area contributed by atoms with Gasteiger partial charge in [-0.2, -0.15) is 5.26 Å². The van der Waals surface area contributed by atoms with E-state index in [9.17, 15) is 10.1 Å². The van der Waals surface area contributed by atoms with E-state index in [2.05, 4.69) is 93.3 Å². The number of hydrogen-bond acceptors (Lipinski definition) is 4. The molecule has 1 aromatic heterocycles. The third-order valence-electron chi connectivity index (χ3n) is 6.01. The fourth-order valence-corrected chi connectivity index (χ4v) is 5.19. The minimum Gasteiger partial charge on any atom is -0.310 e. The van der Waals surface area contributed by atoms with Crippen molar-refractivity contribution in [2.24, 2.45) is 0 Å². The van der Waals surface area contributed by atoms with E-state index in [0.29, 0.717) is 0 Å². The van der Waals surface area contributed by atoms with E-state index in [1.54, 1.807) is 17.4 Å². The van der Waals surface area contributed by atoms with Gasteiger partial charge in [0, 0.05) is 26.8 Å². The van der Waals surface area contributed by atoms with E-state index < -0.39 is 0 Å². The Bertz CT molecular complexity index is 1420. The summed E-state index contributed by atoms with van der Waals surface area (Å²) in [5.74, 6) is -0.218. The van der Waals surface area contributed by atoms with Crippen LogP contribution in [0.2, 0.25) is 0 Å². The summed E-state index contributed by atoms with van der Waals surface area (Å²) < 4.78 is 0. The first-order chi connectivity index (χ1) is 16.8. The van der Waals surface area contributed by atoms with Crippen molar-refractivity contribution in [2.75, 3.05) is 4.90 Å². The molecule has 0 bridgehead atoms. The van der Waals surface area contributed by atoms with Gasteiger partial charge in [-0.1, -0.05) is 47.5 Å². The second-order valence-corrected chi connectivity index (χ2v) is 10.0. The molecule has 4 aromatic rings. The van der Waals surface area contributed by atoms with Crippen LogP contribution < -0.4 is 4.90 Å². The highest BCUT2D eigenvalue weighted by molar-refractivity contribution is 7.16. The molecule has 0 aliphatic rings. The Kier molecular flexibility index (Phi) is 7.00. The fourth-order valence-electron chi connectivity index (χ4n) is 4.24. The molecule has 1 heterocycles. The second kappa shape index (κ2) is 10.1. The van der Waals surface area contributed by atoms with Crippen LogP contribution >= 0.6 is 11.3 Å². The van der Waals surface area contributed by atoms with Crippen molar-refractivity contribution >= 4 is 40.3 Å². The fraction of sp³-hybridized carbons (Fsp3) is 0.161. The molecule has 0 saturated heterocycles. The first-order valence-corrected chi connectivity index (χ1v) is 12.4. The molecule has 35 heavy (non-hydrogen) atoms. The first-order valence-electron chi connectivity index (χ1n) is 11.5. The average Bonchev–Trinajstić information content (AvgIpc) is 3.29. The summed E-state index contributed by atoms with van der Waals surface area (Å²) in [6.45, 7) is 9.97. The number of carbonyl (C=O) groups excluding carboxylic acids is 1. The summed E-state index contributed by atoms with van der Waals surface area (Å²) in [5.41, 5.74) is 9.62. The number of nitrogens with zero attached hydrogens (tertiary/aromatic N) is 2. The number of aryl methyl sites for hydroxylation is 4. The minimum absolute atomic E-state index is 0.173. The third-order valence-corrected chi connectivity index (χ3v) is 7.09. The quantitative estimate of drug-likeness (QED) is 0.207. The van der Waals surface area contributed by atoms with Crippen molar-refractivity contribution < 1.29 is 4.79 Å². The number of hydrogen-bond donors (Lipinski definition) is 0. The van der Waals surface area contributed by atoms with Crippen molar-refractivity contribution in [2.45, 2.75) is 34.6 Å². The maximum atomic E-state index is 11.6. The zero-order chi connectivity index (χ0) is 25.1. The van der Waals surface area contributed by atoms with E-state index in [0.717, 1.165) is 32.4 Å². The van der Waals surface area contributed by atoms with Crippen molar-refractivity contribution in [3.8, 4) is 16.5 Å². The van der Waals surface area contributed by atoms with Gasteiger partial charge >= 0.3 is 0 Å². The standard InChI is InChI=1S/C31H28N2OS/c1-20-6-13-29(22(3)16-20)33(30-14-7-21(2)17-23(30)4)27-10-8-25(9-11-27)31-15-12-28(35-31)18-26(19-32)24(5)34/h6-18H,1-5H3/b26-18+. The molecule has 0 atom stereocenters. The smallest absolute Gasteiger partial charge is 0.170 e. The van der Waals surface area contributed by atoms with Gasteiger partial charge in [-0.15, -0.1) is 11.3 Å². The SMILES string of the molecule is CC(=O)/C(C#N)=C/c1ccc(-c2ccc(N(c3ccc(C)cc3C)c3ccc(C)cc3C)cc2)s1. The number of carbonyl (C=O) groups is 1. The zero-order valence-corrected chi connectivity index (χ0v) is 21.5. The highest BCUT2D eigenvalue weighted by Crippen LogP contribution is 2.40. The van der Waals surface area contributed by atoms with Crippen LogP contribution in [-0.2, 0) is 4.79 Å². The molecular weight excluding hydrogens is 448 g/mol. The zero-order valence-electron chi connectivity index (χ0n) is 20.7. The lowest BCUT2D eigenvalue weighted by Gasteiger charge is -2.29. The third kappa shape index (κ3) is 5.26. The topological polar surface area (TPSA) is 44.1 Å². The van der Waals surface area contributed by atoms with Crippen LogP contribution in [-0.4, -0.2) is 5.78 Å². The van der Waals surface area contributed by atoms with Crippen molar-refractivity contribution in [3.63, 3.8) is 0 Å². The Hall–Kier alpha value is -3.94. The Balaban J connectivity index is 1.74. The predicted octanol–water partition coefficient (Wildman–Crippen LogP) is 8.61. The van der Waals surface area contributed by atoms with Crippen molar-refractivity contribution in [3.05, 3.63) is 106 Å². The van der Waals surface area contributed by atoms with Crippen molar-refractivity contribution in [1.29, 1.82) is 5.26 Å². The molecule has 0 saturated carbocycles. The molecule has 174 valence electrons. The molecule has 4 heteroatoms. The lowest BCUT2D eigenvalue weighted by atomic mass is 10.0. The van der Waals surface area contributed by atoms with Gasteiger partial charge in [0.1, 0.15) is 6.07 Å². The molecule has 0 amide bonds. The van der Waals surface area contributed by atoms with E-state index >= 15 is 0 Å². The molecular formula is C31H28N2OS. The molecule has 0 fully saturated rings. The number of rotatable bonds is 6. The van der Waals surface area contributed by atoms with E-state index in [4.69, 9.17) is 0 Å². The summed E-state index contributed by atoms with van der Waals surface area (Å²) in [5, 5.41) is 9.18. The van der Waals surface area contributed by atoms with Crippen LogP contribution in [0.25, 0.3) is 16.5 Å². The average molecular weight is 477 g/mol. The maximum absolute atomic E-state index is 11.6. The molecule has 0 radical (unpaired) electrons. The molecule has 0 aliphatic heterocycles. The van der Waals surface area contributed by atoms with Gasteiger partial charge in [0.25, 0.3) is 0 Å². The van der Waals surface area contributed by atoms with Gasteiger partial charge < -0.3 is 4.90 Å². The normalized spacial score (nSPS) is 11.3. The van der Waals surface area contributed by atoms with E-state index in [1.807, 2.05) is 18.2 Å². The molecule has 4 rings (SSSR count). The first kappa shape index (κ1) is 24.2.